The van der Waals surface area contributed by atoms with Gasteiger partial charge in [0.2, 0.25) is 5.91 Å². The van der Waals surface area contributed by atoms with Crippen LogP contribution in [0.2, 0.25) is 0 Å². The monoisotopic (exact) mass is 357 g/mol. The van der Waals surface area contributed by atoms with Gasteiger partial charge in [0.25, 0.3) is 0 Å². The van der Waals surface area contributed by atoms with Crippen LogP contribution in [0.4, 0.5) is 0 Å². The molecule has 0 aromatic carbocycles. The average Bonchev–Trinajstić information content (AvgIpc) is 2.55. The second kappa shape index (κ2) is 13.0. The Morgan fingerprint density at radius 3 is 2.16 bits per heavy atom. The molecule has 7 nitrogen and oxygen atoms in total. The number of nitrogens with two attached hydrogens (primary N) is 2. The SMILES string of the molecule is CCCCCC(CN)CC(=O)C[C@H](C(=O)NC(CN)C(C)=O)C(C)O. The van der Waals surface area contributed by atoms with Crippen molar-refractivity contribution >= 4 is 17.5 Å². The third-order valence-corrected chi connectivity index (χ3v) is 4.48. The molecular weight excluding hydrogens is 322 g/mol. The van der Waals surface area contributed by atoms with Crippen molar-refractivity contribution in [2.45, 2.75) is 71.4 Å². The number of unbranched alkanes of at least 4 members (excludes halogenated alkanes) is 2. The summed E-state index contributed by atoms with van der Waals surface area (Å²) in [7, 11) is 0. The summed E-state index contributed by atoms with van der Waals surface area (Å²) in [5.41, 5.74) is 11.2. The Hall–Kier alpha value is -1.31. The molecule has 0 rings (SSSR count). The molecule has 146 valence electrons. The zero-order valence-corrected chi connectivity index (χ0v) is 15.8. The van der Waals surface area contributed by atoms with E-state index in [1.54, 1.807) is 0 Å². The van der Waals surface area contributed by atoms with Crippen LogP contribution in [0.25, 0.3) is 0 Å². The van der Waals surface area contributed by atoms with Crippen LogP contribution in [0.1, 0.15) is 59.3 Å². The van der Waals surface area contributed by atoms with Crippen LogP contribution in [0, 0.1) is 11.8 Å². The Bertz CT molecular complexity index is 427. The van der Waals surface area contributed by atoms with E-state index in [1.165, 1.54) is 13.8 Å². The second-order valence-electron chi connectivity index (χ2n) is 6.80. The van der Waals surface area contributed by atoms with Crippen molar-refractivity contribution in [3.8, 4) is 0 Å². The first-order valence-electron chi connectivity index (χ1n) is 9.17. The van der Waals surface area contributed by atoms with E-state index < -0.39 is 24.0 Å². The molecule has 6 N–H and O–H groups in total. The molecule has 0 aliphatic heterocycles. The quantitative estimate of drug-likeness (QED) is 0.335. The zero-order valence-electron chi connectivity index (χ0n) is 15.8. The first kappa shape index (κ1) is 23.7. The van der Waals surface area contributed by atoms with Crippen LogP contribution in [-0.2, 0) is 14.4 Å². The van der Waals surface area contributed by atoms with E-state index in [-0.39, 0.29) is 30.4 Å². The van der Waals surface area contributed by atoms with Crippen LogP contribution in [-0.4, -0.2) is 47.8 Å². The number of nitrogens with one attached hydrogen (secondary N) is 1. The first-order valence-corrected chi connectivity index (χ1v) is 9.17. The Balaban J connectivity index is 4.70. The summed E-state index contributed by atoms with van der Waals surface area (Å²) in [5.74, 6) is -1.67. The molecule has 0 saturated heterocycles. The Labute approximate surface area is 150 Å². The van der Waals surface area contributed by atoms with Gasteiger partial charge in [-0.25, -0.2) is 0 Å². The number of carbonyl (C=O) groups excluding carboxylic acids is 3. The number of hydrogen-bond donors (Lipinski definition) is 4. The average molecular weight is 357 g/mol. The molecule has 0 spiro atoms. The Kier molecular flexibility index (Phi) is 12.3. The molecule has 0 fully saturated rings. The van der Waals surface area contributed by atoms with E-state index in [0.29, 0.717) is 13.0 Å². The number of ketones is 2. The fraction of sp³-hybridized carbons (Fsp3) is 0.833. The summed E-state index contributed by atoms with van der Waals surface area (Å²) in [6.45, 7) is 5.33. The summed E-state index contributed by atoms with van der Waals surface area (Å²) < 4.78 is 0. The largest absolute Gasteiger partial charge is 0.393 e. The van der Waals surface area contributed by atoms with Crippen molar-refractivity contribution in [3.05, 3.63) is 0 Å². The lowest BCUT2D eigenvalue weighted by atomic mass is 9.89. The van der Waals surface area contributed by atoms with Crippen molar-refractivity contribution in [2.24, 2.45) is 23.3 Å². The van der Waals surface area contributed by atoms with Gasteiger partial charge in [-0.05, 0) is 32.7 Å². The summed E-state index contributed by atoms with van der Waals surface area (Å²) >= 11 is 0. The van der Waals surface area contributed by atoms with Crippen molar-refractivity contribution in [1.82, 2.24) is 5.32 Å². The van der Waals surface area contributed by atoms with Crippen molar-refractivity contribution in [1.29, 1.82) is 0 Å². The zero-order chi connectivity index (χ0) is 19.4. The molecule has 3 unspecified atom stereocenters. The minimum absolute atomic E-state index is 0.0196. The number of rotatable bonds is 14. The predicted molar refractivity (Wildman–Crippen MR) is 97.8 cm³/mol. The Morgan fingerprint density at radius 1 is 1.08 bits per heavy atom. The van der Waals surface area contributed by atoms with Gasteiger partial charge >= 0.3 is 0 Å². The standard InChI is InChI=1S/C18H35N3O4/c1-4-5-6-7-14(10-19)8-15(24)9-16(12(2)22)18(25)21-17(11-20)13(3)23/h12,14,16-17,22H,4-11,19-20H2,1-3H3,(H,21,25)/t12?,14?,16-,17?/m0/s1. The van der Waals surface area contributed by atoms with E-state index in [0.717, 1.165) is 25.7 Å². The maximum Gasteiger partial charge on any atom is 0.226 e. The Morgan fingerprint density at radius 2 is 1.72 bits per heavy atom. The molecule has 0 aliphatic rings. The van der Waals surface area contributed by atoms with E-state index in [1.807, 2.05) is 0 Å². The summed E-state index contributed by atoms with van der Waals surface area (Å²) in [6.07, 6.45) is 3.38. The first-order chi connectivity index (χ1) is 11.8. The van der Waals surface area contributed by atoms with Crippen LogP contribution in [0.5, 0.6) is 0 Å². The van der Waals surface area contributed by atoms with Crippen LogP contribution in [0.15, 0.2) is 0 Å². The molecule has 25 heavy (non-hydrogen) atoms. The third kappa shape index (κ3) is 9.67. The number of Topliss-reactive ketones (excluding diaryl/α,β-unsaturated/α-hetero) is 2. The van der Waals surface area contributed by atoms with E-state index in [9.17, 15) is 19.5 Å². The van der Waals surface area contributed by atoms with Gasteiger partial charge in [0.05, 0.1) is 18.1 Å². The topological polar surface area (TPSA) is 136 Å². The molecule has 1 amide bonds. The maximum absolute atomic E-state index is 12.3. The van der Waals surface area contributed by atoms with Crippen LogP contribution in [0.3, 0.4) is 0 Å². The van der Waals surface area contributed by atoms with Crippen molar-refractivity contribution < 1.29 is 19.5 Å². The van der Waals surface area contributed by atoms with Crippen molar-refractivity contribution in [2.75, 3.05) is 13.1 Å². The van der Waals surface area contributed by atoms with E-state index in [4.69, 9.17) is 11.5 Å². The predicted octanol–water partition coefficient (Wildman–Crippen LogP) is 0.520. The lowest BCUT2D eigenvalue weighted by Crippen LogP contribution is -2.49. The number of aliphatic hydroxyl groups is 1. The van der Waals surface area contributed by atoms with Gasteiger partial charge in [0, 0.05) is 19.4 Å². The number of aliphatic hydroxyl groups excluding tert-OH is 1. The lowest BCUT2D eigenvalue weighted by Gasteiger charge is -2.22. The van der Waals surface area contributed by atoms with Gasteiger partial charge in [0.15, 0.2) is 5.78 Å². The molecule has 4 atom stereocenters. The van der Waals surface area contributed by atoms with Crippen LogP contribution < -0.4 is 16.8 Å². The summed E-state index contributed by atoms with van der Waals surface area (Å²) in [6, 6.07) is -0.797. The molecule has 0 aromatic heterocycles. The minimum Gasteiger partial charge on any atom is -0.393 e. The molecule has 0 heterocycles. The van der Waals surface area contributed by atoms with Crippen molar-refractivity contribution in [3.63, 3.8) is 0 Å². The van der Waals surface area contributed by atoms with Gasteiger partial charge in [0.1, 0.15) is 5.78 Å². The van der Waals surface area contributed by atoms with Gasteiger partial charge < -0.3 is 21.9 Å². The molecule has 0 bridgehead atoms. The fourth-order valence-corrected chi connectivity index (χ4v) is 2.72. The third-order valence-electron chi connectivity index (χ3n) is 4.48. The van der Waals surface area contributed by atoms with E-state index in [2.05, 4.69) is 12.2 Å². The van der Waals surface area contributed by atoms with E-state index >= 15 is 0 Å². The van der Waals surface area contributed by atoms with Gasteiger partial charge in [-0.3, -0.25) is 14.4 Å². The van der Waals surface area contributed by atoms with Gasteiger partial charge in [-0.1, -0.05) is 26.2 Å². The molecule has 7 heteroatoms. The molecule has 0 saturated carbocycles. The highest BCUT2D eigenvalue weighted by atomic mass is 16.3. The number of hydrogen-bond acceptors (Lipinski definition) is 6. The summed E-state index contributed by atoms with van der Waals surface area (Å²) in [4.78, 5) is 36.0. The smallest absolute Gasteiger partial charge is 0.226 e. The molecule has 0 aromatic rings. The van der Waals surface area contributed by atoms with Crippen LogP contribution >= 0.6 is 0 Å². The highest BCUT2D eigenvalue weighted by Gasteiger charge is 2.29. The van der Waals surface area contributed by atoms with Gasteiger partial charge in [-0.15, -0.1) is 0 Å². The highest BCUT2D eigenvalue weighted by molar-refractivity contribution is 5.91. The summed E-state index contributed by atoms with van der Waals surface area (Å²) in [5, 5.41) is 12.4. The normalized spacial score (nSPS) is 15.9. The molecule has 0 aliphatic carbocycles. The fourth-order valence-electron chi connectivity index (χ4n) is 2.72. The number of carbonyl (C=O) groups is 3. The lowest BCUT2D eigenvalue weighted by molar-refractivity contribution is -0.135. The molecular formula is C18H35N3O4. The number of amides is 1. The second-order valence-corrected chi connectivity index (χ2v) is 6.80. The maximum atomic E-state index is 12.3. The minimum atomic E-state index is -0.995. The molecule has 0 radical (unpaired) electrons. The van der Waals surface area contributed by atoms with Gasteiger partial charge in [-0.2, -0.15) is 0 Å². The highest BCUT2D eigenvalue weighted by Crippen LogP contribution is 2.18.